The van der Waals surface area contributed by atoms with Crippen LogP contribution in [-0.2, 0) is 9.84 Å². The van der Waals surface area contributed by atoms with Gasteiger partial charge < -0.3 is 0 Å². The molecule has 1 fully saturated rings. The van der Waals surface area contributed by atoms with Gasteiger partial charge in [-0.05, 0) is 18.4 Å². The van der Waals surface area contributed by atoms with Gasteiger partial charge in [0.15, 0.2) is 9.84 Å². The van der Waals surface area contributed by atoms with Gasteiger partial charge in [-0.3, -0.25) is 0 Å². The lowest BCUT2D eigenvalue weighted by Gasteiger charge is -2.17. The molecule has 2 atom stereocenters. The van der Waals surface area contributed by atoms with Gasteiger partial charge in [0.05, 0.1) is 16.5 Å². The van der Waals surface area contributed by atoms with Crippen LogP contribution in [0, 0.1) is 11.7 Å². The number of sulfone groups is 1. The van der Waals surface area contributed by atoms with Crippen molar-refractivity contribution in [3.8, 4) is 0 Å². The first kappa shape index (κ1) is 13.3. The van der Waals surface area contributed by atoms with Crippen molar-refractivity contribution >= 4 is 37.4 Å². The molecule has 1 aromatic rings. The predicted molar refractivity (Wildman–Crippen MR) is 69.8 cm³/mol. The molecule has 1 saturated heterocycles. The maximum atomic E-state index is 13.8. The van der Waals surface area contributed by atoms with Crippen LogP contribution in [0.25, 0.3) is 0 Å². The van der Waals surface area contributed by atoms with Crippen LogP contribution in [0.5, 0.6) is 0 Å². The molecule has 1 heterocycles. The third kappa shape index (κ3) is 2.83. The number of hydrogen-bond acceptors (Lipinski definition) is 2. The number of rotatable bonds is 2. The second kappa shape index (κ2) is 4.86. The lowest BCUT2D eigenvalue weighted by Crippen LogP contribution is -2.11. The average Bonchev–Trinajstić information content (AvgIpc) is 2.62. The van der Waals surface area contributed by atoms with Gasteiger partial charge in [0, 0.05) is 10.4 Å². The topological polar surface area (TPSA) is 34.1 Å². The van der Waals surface area contributed by atoms with E-state index in [-0.39, 0.29) is 27.3 Å². The number of alkyl halides is 1. The highest BCUT2D eigenvalue weighted by Gasteiger charge is 2.34. The summed E-state index contributed by atoms with van der Waals surface area (Å²) in [7, 11) is -2.96. The molecule has 2 rings (SSSR count). The summed E-state index contributed by atoms with van der Waals surface area (Å²) in [4.78, 5) is -0.307. The molecule has 2 nitrogen and oxygen atoms in total. The fourth-order valence-electron chi connectivity index (χ4n) is 2.04. The molecule has 0 amide bonds. The second-order valence-corrected chi connectivity index (χ2v) is 7.83. The van der Waals surface area contributed by atoms with E-state index in [1.807, 2.05) is 0 Å². The van der Waals surface area contributed by atoms with Crippen molar-refractivity contribution in [1.82, 2.24) is 0 Å². The summed E-state index contributed by atoms with van der Waals surface area (Å²) in [6, 6.07) is 4.77. The van der Waals surface area contributed by atoms with Crippen molar-refractivity contribution in [3.05, 3.63) is 34.6 Å². The van der Waals surface area contributed by atoms with Crippen LogP contribution in [-0.4, -0.2) is 19.9 Å². The molecule has 0 spiro atoms. The molecule has 1 aliphatic heterocycles. The molecule has 0 bridgehead atoms. The van der Waals surface area contributed by atoms with E-state index < -0.39 is 15.7 Å². The van der Waals surface area contributed by atoms with Gasteiger partial charge in [0.25, 0.3) is 0 Å². The summed E-state index contributed by atoms with van der Waals surface area (Å²) in [6.45, 7) is 0. The summed E-state index contributed by atoms with van der Waals surface area (Å²) in [5.74, 6) is -0.273. The van der Waals surface area contributed by atoms with E-state index in [1.54, 1.807) is 12.1 Å². The summed E-state index contributed by atoms with van der Waals surface area (Å²) < 4.78 is 36.6. The number of halogens is 3. The Hall–Kier alpha value is -0.130. The Balaban J connectivity index is 2.26. The molecule has 1 aromatic carbocycles. The molecule has 6 heteroatoms. The Bertz CT molecular complexity index is 532. The zero-order chi connectivity index (χ0) is 12.6. The minimum Gasteiger partial charge on any atom is -0.229 e. The van der Waals surface area contributed by atoms with Crippen LogP contribution >= 0.6 is 27.5 Å². The van der Waals surface area contributed by atoms with Gasteiger partial charge in [-0.25, -0.2) is 12.8 Å². The quantitative estimate of drug-likeness (QED) is 0.773. The first-order valence-corrected chi connectivity index (χ1v) is 8.30. The summed E-state index contributed by atoms with van der Waals surface area (Å²) in [5.41, 5.74) is 0.430. The van der Waals surface area contributed by atoms with Crippen molar-refractivity contribution in [3.63, 3.8) is 0 Å². The van der Waals surface area contributed by atoms with E-state index in [0.717, 1.165) is 0 Å². The minimum absolute atomic E-state index is 0.0628. The van der Waals surface area contributed by atoms with E-state index in [2.05, 4.69) is 15.9 Å². The second-order valence-electron chi connectivity index (χ2n) is 4.21. The van der Waals surface area contributed by atoms with E-state index >= 15 is 0 Å². The molecule has 0 N–H and O–H groups in total. The maximum Gasteiger partial charge on any atom is 0.150 e. The van der Waals surface area contributed by atoms with E-state index in [0.29, 0.717) is 12.0 Å². The van der Waals surface area contributed by atoms with Crippen LogP contribution in [0.4, 0.5) is 4.39 Å². The molecular formula is C11H11BrClFO2S. The van der Waals surface area contributed by atoms with Gasteiger partial charge >= 0.3 is 0 Å². The SMILES string of the molecule is O=S1(=O)CCC(C(Br)c2cccc(Cl)c2F)C1. The van der Waals surface area contributed by atoms with Gasteiger partial charge in [-0.2, -0.15) is 0 Å². The molecule has 2 unspecified atom stereocenters. The average molecular weight is 342 g/mol. The zero-order valence-electron chi connectivity index (χ0n) is 8.87. The molecule has 17 heavy (non-hydrogen) atoms. The van der Waals surface area contributed by atoms with Gasteiger partial charge in [0.2, 0.25) is 0 Å². The van der Waals surface area contributed by atoms with Crippen LogP contribution in [0.3, 0.4) is 0 Å². The van der Waals surface area contributed by atoms with Crippen LogP contribution in [0.1, 0.15) is 16.8 Å². The Morgan fingerprint density at radius 2 is 2.18 bits per heavy atom. The maximum absolute atomic E-state index is 13.8. The van der Waals surface area contributed by atoms with Gasteiger partial charge in [-0.15, -0.1) is 0 Å². The first-order chi connectivity index (χ1) is 7.91. The number of benzene rings is 1. The Kier molecular flexibility index (Phi) is 3.80. The van der Waals surface area contributed by atoms with Crippen molar-refractivity contribution in [2.45, 2.75) is 11.2 Å². The fraction of sp³-hybridized carbons (Fsp3) is 0.455. The highest BCUT2D eigenvalue weighted by atomic mass is 79.9. The van der Waals surface area contributed by atoms with E-state index in [4.69, 9.17) is 11.6 Å². The Labute approximate surface area is 113 Å². The molecule has 1 aliphatic rings. The normalized spacial score (nSPS) is 24.8. The van der Waals surface area contributed by atoms with E-state index in [9.17, 15) is 12.8 Å². The summed E-state index contributed by atoms with van der Waals surface area (Å²) in [5, 5.41) is 0.0628. The molecule has 0 aliphatic carbocycles. The van der Waals surface area contributed by atoms with Crippen molar-refractivity contribution in [2.24, 2.45) is 5.92 Å². The first-order valence-electron chi connectivity index (χ1n) is 5.19. The molecule has 0 saturated carbocycles. The Morgan fingerprint density at radius 3 is 2.76 bits per heavy atom. The third-order valence-corrected chi connectivity index (χ3v) is 6.29. The standard InChI is InChI=1S/C11H11BrClFO2S/c12-10(7-4-5-17(15,16)6-7)8-2-1-3-9(13)11(8)14/h1-3,7,10H,4-6H2. The molecule has 0 aromatic heterocycles. The van der Waals surface area contributed by atoms with Crippen LogP contribution < -0.4 is 0 Å². The Morgan fingerprint density at radius 1 is 1.47 bits per heavy atom. The lowest BCUT2D eigenvalue weighted by atomic mass is 9.98. The smallest absolute Gasteiger partial charge is 0.150 e. The van der Waals surface area contributed by atoms with Crippen molar-refractivity contribution in [2.75, 3.05) is 11.5 Å². The largest absolute Gasteiger partial charge is 0.229 e. The molecule has 0 radical (unpaired) electrons. The van der Waals surface area contributed by atoms with Gasteiger partial charge in [-0.1, -0.05) is 39.7 Å². The van der Waals surface area contributed by atoms with E-state index in [1.165, 1.54) is 6.07 Å². The summed E-state index contributed by atoms with van der Waals surface area (Å²) >= 11 is 9.09. The van der Waals surface area contributed by atoms with Gasteiger partial charge in [0.1, 0.15) is 5.82 Å². The molecule has 94 valence electrons. The minimum atomic E-state index is -2.96. The zero-order valence-corrected chi connectivity index (χ0v) is 12.0. The van der Waals surface area contributed by atoms with Crippen molar-refractivity contribution < 1.29 is 12.8 Å². The fourth-order valence-corrected chi connectivity index (χ4v) is 5.12. The van der Waals surface area contributed by atoms with Crippen LogP contribution in [0.2, 0.25) is 5.02 Å². The molecular weight excluding hydrogens is 331 g/mol. The third-order valence-electron chi connectivity index (χ3n) is 2.96. The van der Waals surface area contributed by atoms with Crippen LogP contribution in [0.15, 0.2) is 18.2 Å². The highest BCUT2D eigenvalue weighted by molar-refractivity contribution is 9.09. The van der Waals surface area contributed by atoms with Crippen molar-refractivity contribution in [1.29, 1.82) is 0 Å². The monoisotopic (exact) mass is 340 g/mol. The lowest BCUT2D eigenvalue weighted by molar-refractivity contribution is 0.546. The number of hydrogen-bond donors (Lipinski definition) is 0. The predicted octanol–water partition coefficient (Wildman–Crippen LogP) is 3.35. The highest BCUT2D eigenvalue weighted by Crippen LogP contribution is 2.39. The summed E-state index contributed by atoms with van der Waals surface area (Å²) in [6.07, 6.45) is 0.560.